The number of hydrogen-bond donors (Lipinski definition) is 1. The van der Waals surface area contributed by atoms with Gasteiger partial charge in [-0.2, -0.15) is 0 Å². The molecule has 0 saturated carbocycles. The Labute approximate surface area is 105 Å². The lowest BCUT2D eigenvalue weighted by atomic mass is 10.1. The van der Waals surface area contributed by atoms with Crippen LogP contribution in [0.3, 0.4) is 0 Å². The van der Waals surface area contributed by atoms with E-state index in [0.29, 0.717) is 0 Å². The molecule has 0 heterocycles. The van der Waals surface area contributed by atoms with Gasteiger partial charge in [-0.25, -0.2) is 0 Å². The van der Waals surface area contributed by atoms with Crippen LogP contribution in [-0.4, -0.2) is 6.54 Å². The second kappa shape index (κ2) is 6.51. The van der Waals surface area contributed by atoms with Gasteiger partial charge in [0.25, 0.3) is 0 Å². The van der Waals surface area contributed by atoms with E-state index in [1.54, 1.807) is 0 Å². The van der Waals surface area contributed by atoms with Crippen LogP contribution in [0.5, 0.6) is 0 Å². The highest BCUT2D eigenvalue weighted by Crippen LogP contribution is 2.23. The molecule has 0 radical (unpaired) electrons. The molecule has 84 valence electrons. The molecule has 1 aromatic carbocycles. The van der Waals surface area contributed by atoms with Crippen molar-refractivity contribution < 1.29 is 0 Å². The number of nitrogens with one attached hydrogen (secondary N) is 1. The quantitative estimate of drug-likeness (QED) is 0.855. The highest BCUT2D eigenvalue weighted by molar-refractivity contribution is 9.10. The van der Waals surface area contributed by atoms with Gasteiger partial charge in [0.05, 0.1) is 5.02 Å². The molecule has 1 aromatic rings. The summed E-state index contributed by atoms with van der Waals surface area (Å²) in [6.07, 6.45) is 1.22. The average Bonchev–Trinajstić information content (AvgIpc) is 2.23. The molecule has 0 bridgehead atoms. The van der Waals surface area contributed by atoms with Crippen molar-refractivity contribution in [2.45, 2.75) is 26.8 Å². The Hall–Kier alpha value is -0.0500. The third-order valence-corrected chi connectivity index (χ3v) is 3.74. The molecule has 0 spiro atoms. The van der Waals surface area contributed by atoms with Gasteiger partial charge in [-0.3, -0.25) is 0 Å². The van der Waals surface area contributed by atoms with Crippen molar-refractivity contribution in [2.75, 3.05) is 6.54 Å². The molecule has 0 fully saturated rings. The second-order valence-corrected chi connectivity index (χ2v) is 5.15. The molecular weight excluding hydrogens is 273 g/mol. The molecule has 0 aliphatic heterocycles. The van der Waals surface area contributed by atoms with Gasteiger partial charge in [0, 0.05) is 11.0 Å². The van der Waals surface area contributed by atoms with Gasteiger partial charge in [-0.1, -0.05) is 37.9 Å². The number of rotatable bonds is 5. The largest absolute Gasteiger partial charge is 0.312 e. The minimum absolute atomic E-state index is 0.732. The van der Waals surface area contributed by atoms with Crippen molar-refractivity contribution in [3.8, 4) is 0 Å². The van der Waals surface area contributed by atoms with Crippen LogP contribution in [0.25, 0.3) is 0 Å². The Morgan fingerprint density at radius 3 is 2.80 bits per heavy atom. The first-order chi connectivity index (χ1) is 7.13. The molecule has 1 N–H and O–H groups in total. The van der Waals surface area contributed by atoms with E-state index in [4.69, 9.17) is 11.6 Å². The van der Waals surface area contributed by atoms with Crippen LogP contribution in [0.15, 0.2) is 22.7 Å². The fourth-order valence-electron chi connectivity index (χ4n) is 1.26. The normalized spacial score (nSPS) is 12.8. The maximum atomic E-state index is 6.01. The van der Waals surface area contributed by atoms with Crippen molar-refractivity contribution >= 4 is 27.5 Å². The first-order valence-corrected chi connectivity index (χ1v) is 6.45. The standard InChI is InChI=1S/C12H17BrClN/c1-3-9(2)7-15-8-10-4-5-11(13)12(14)6-10/h4-6,9,15H,3,7-8H2,1-2H3. The Kier molecular flexibility index (Phi) is 5.65. The molecule has 0 amide bonds. The fraction of sp³-hybridized carbons (Fsp3) is 0.500. The smallest absolute Gasteiger partial charge is 0.0551 e. The topological polar surface area (TPSA) is 12.0 Å². The van der Waals surface area contributed by atoms with E-state index in [0.717, 1.165) is 28.5 Å². The molecule has 3 heteroatoms. The number of halogens is 2. The lowest BCUT2D eigenvalue weighted by Crippen LogP contribution is -2.20. The summed E-state index contributed by atoms with van der Waals surface area (Å²) in [5.41, 5.74) is 1.23. The average molecular weight is 291 g/mol. The molecule has 1 rings (SSSR count). The second-order valence-electron chi connectivity index (χ2n) is 3.89. The maximum Gasteiger partial charge on any atom is 0.0551 e. The third-order valence-electron chi connectivity index (χ3n) is 2.50. The summed E-state index contributed by atoms with van der Waals surface area (Å²) in [6, 6.07) is 6.07. The van der Waals surface area contributed by atoms with E-state index in [-0.39, 0.29) is 0 Å². The van der Waals surface area contributed by atoms with Crippen LogP contribution in [0, 0.1) is 5.92 Å². The van der Waals surface area contributed by atoms with Gasteiger partial charge in [0.15, 0.2) is 0 Å². The summed E-state index contributed by atoms with van der Waals surface area (Å²) < 4.78 is 0.954. The summed E-state index contributed by atoms with van der Waals surface area (Å²) in [4.78, 5) is 0. The summed E-state index contributed by atoms with van der Waals surface area (Å²) in [6.45, 7) is 6.41. The molecule has 0 aliphatic carbocycles. The van der Waals surface area contributed by atoms with Gasteiger partial charge in [0.2, 0.25) is 0 Å². The van der Waals surface area contributed by atoms with Crippen LogP contribution in [-0.2, 0) is 6.54 Å². The zero-order valence-electron chi connectivity index (χ0n) is 9.19. The zero-order chi connectivity index (χ0) is 11.3. The molecule has 15 heavy (non-hydrogen) atoms. The molecule has 1 atom stereocenters. The Bertz CT molecular complexity index is 314. The minimum Gasteiger partial charge on any atom is -0.312 e. The summed E-state index contributed by atoms with van der Waals surface area (Å²) in [5.74, 6) is 0.732. The van der Waals surface area contributed by atoms with Gasteiger partial charge in [0.1, 0.15) is 0 Å². The van der Waals surface area contributed by atoms with Gasteiger partial charge < -0.3 is 5.32 Å². The van der Waals surface area contributed by atoms with Gasteiger partial charge in [-0.05, 0) is 46.1 Å². The van der Waals surface area contributed by atoms with Crippen LogP contribution >= 0.6 is 27.5 Å². The predicted octanol–water partition coefficient (Wildman–Crippen LogP) is 4.24. The first-order valence-electron chi connectivity index (χ1n) is 5.28. The van der Waals surface area contributed by atoms with Crippen molar-refractivity contribution in [1.29, 1.82) is 0 Å². The van der Waals surface area contributed by atoms with Gasteiger partial charge >= 0.3 is 0 Å². The lowest BCUT2D eigenvalue weighted by molar-refractivity contribution is 0.500. The molecule has 1 nitrogen and oxygen atoms in total. The number of hydrogen-bond acceptors (Lipinski definition) is 1. The summed E-state index contributed by atoms with van der Waals surface area (Å²) in [5, 5.41) is 4.20. The van der Waals surface area contributed by atoms with E-state index in [2.05, 4.69) is 41.2 Å². The fourth-order valence-corrected chi connectivity index (χ4v) is 1.71. The van der Waals surface area contributed by atoms with Crippen molar-refractivity contribution in [3.05, 3.63) is 33.3 Å². The highest BCUT2D eigenvalue weighted by Gasteiger charge is 2.00. The van der Waals surface area contributed by atoms with Crippen molar-refractivity contribution in [3.63, 3.8) is 0 Å². The Balaban J connectivity index is 2.41. The van der Waals surface area contributed by atoms with Gasteiger partial charge in [-0.15, -0.1) is 0 Å². The molecular formula is C12H17BrClN. The SMILES string of the molecule is CCC(C)CNCc1ccc(Br)c(Cl)c1. The van der Waals surface area contributed by atoms with Crippen molar-refractivity contribution in [2.24, 2.45) is 5.92 Å². The van der Waals surface area contributed by atoms with E-state index in [1.165, 1.54) is 12.0 Å². The first kappa shape index (κ1) is 13.0. The minimum atomic E-state index is 0.732. The van der Waals surface area contributed by atoms with Crippen LogP contribution in [0.1, 0.15) is 25.8 Å². The Morgan fingerprint density at radius 2 is 2.20 bits per heavy atom. The van der Waals surface area contributed by atoms with E-state index >= 15 is 0 Å². The Morgan fingerprint density at radius 1 is 1.47 bits per heavy atom. The number of benzene rings is 1. The van der Waals surface area contributed by atoms with Crippen molar-refractivity contribution in [1.82, 2.24) is 5.32 Å². The third kappa shape index (κ3) is 4.54. The monoisotopic (exact) mass is 289 g/mol. The summed E-state index contributed by atoms with van der Waals surface area (Å²) >= 11 is 9.39. The molecule has 1 unspecified atom stereocenters. The van der Waals surface area contributed by atoms with E-state index in [1.807, 2.05) is 12.1 Å². The lowest BCUT2D eigenvalue weighted by Gasteiger charge is -2.10. The molecule has 0 aromatic heterocycles. The summed E-state index contributed by atoms with van der Waals surface area (Å²) in [7, 11) is 0. The van der Waals surface area contributed by atoms with E-state index in [9.17, 15) is 0 Å². The zero-order valence-corrected chi connectivity index (χ0v) is 11.5. The maximum absolute atomic E-state index is 6.01. The highest BCUT2D eigenvalue weighted by atomic mass is 79.9. The predicted molar refractivity (Wildman–Crippen MR) is 70.3 cm³/mol. The molecule has 0 saturated heterocycles. The molecule has 0 aliphatic rings. The van der Waals surface area contributed by atoms with Crippen LogP contribution in [0.2, 0.25) is 5.02 Å². The van der Waals surface area contributed by atoms with E-state index < -0.39 is 0 Å². The van der Waals surface area contributed by atoms with Crippen LogP contribution in [0.4, 0.5) is 0 Å². The van der Waals surface area contributed by atoms with Crippen LogP contribution < -0.4 is 5.32 Å².